The van der Waals surface area contributed by atoms with E-state index in [1.807, 2.05) is 61.7 Å². The highest BCUT2D eigenvalue weighted by Gasteiger charge is 2.14. The Kier molecular flexibility index (Phi) is 5.35. The average molecular weight is 454 g/mol. The van der Waals surface area contributed by atoms with Gasteiger partial charge >= 0.3 is 5.69 Å². The smallest absolute Gasteiger partial charge is 0.324 e. The van der Waals surface area contributed by atoms with Gasteiger partial charge in [0.25, 0.3) is 0 Å². The van der Waals surface area contributed by atoms with Crippen LogP contribution in [0.15, 0.2) is 70.2 Å². The van der Waals surface area contributed by atoms with Crippen molar-refractivity contribution in [3.8, 4) is 5.69 Å². The number of hydrogen-bond donors (Lipinski definition) is 1. The molecule has 148 valence electrons. The van der Waals surface area contributed by atoms with Gasteiger partial charge in [-0.2, -0.15) is 5.10 Å². The van der Waals surface area contributed by atoms with Crippen molar-refractivity contribution in [1.82, 2.24) is 18.9 Å². The number of benzene rings is 2. The van der Waals surface area contributed by atoms with E-state index in [-0.39, 0.29) is 18.0 Å². The van der Waals surface area contributed by atoms with Crippen LogP contribution in [0.1, 0.15) is 13.3 Å². The second-order valence-electron chi connectivity index (χ2n) is 6.59. The van der Waals surface area contributed by atoms with Gasteiger partial charge in [0.1, 0.15) is 0 Å². The van der Waals surface area contributed by atoms with E-state index in [0.717, 1.165) is 21.2 Å². The molecule has 0 unspecified atom stereocenters. The molecule has 0 fully saturated rings. The maximum Gasteiger partial charge on any atom is 0.329 e. The van der Waals surface area contributed by atoms with E-state index in [9.17, 15) is 9.59 Å². The molecular formula is C21H20BrN5O2. The molecule has 1 amide bonds. The fraction of sp³-hybridized carbons (Fsp3) is 0.190. The Morgan fingerprint density at radius 1 is 1.07 bits per heavy atom. The second-order valence-corrected chi connectivity index (χ2v) is 7.50. The van der Waals surface area contributed by atoms with E-state index in [1.165, 1.54) is 0 Å². The summed E-state index contributed by atoms with van der Waals surface area (Å²) >= 11 is 3.38. The minimum atomic E-state index is -0.163. The zero-order valence-corrected chi connectivity index (χ0v) is 17.5. The number of carbonyl (C=O) groups excluding carboxylic acids is 1. The number of aromatic nitrogens is 4. The molecule has 29 heavy (non-hydrogen) atoms. The number of hydrogen-bond acceptors (Lipinski definition) is 3. The van der Waals surface area contributed by atoms with Gasteiger partial charge in [0.15, 0.2) is 0 Å². The average Bonchev–Trinajstić information content (AvgIpc) is 3.27. The van der Waals surface area contributed by atoms with Crippen LogP contribution in [-0.2, 0) is 17.9 Å². The number of amides is 1. The maximum absolute atomic E-state index is 12.7. The molecule has 0 atom stereocenters. The summed E-state index contributed by atoms with van der Waals surface area (Å²) in [5.41, 5.74) is 3.06. The van der Waals surface area contributed by atoms with Crippen molar-refractivity contribution in [2.45, 2.75) is 26.4 Å². The van der Waals surface area contributed by atoms with E-state index >= 15 is 0 Å². The van der Waals surface area contributed by atoms with Crippen LogP contribution < -0.4 is 11.0 Å². The van der Waals surface area contributed by atoms with Crippen LogP contribution in [0.4, 0.5) is 5.69 Å². The largest absolute Gasteiger partial charge is 0.329 e. The molecule has 4 aromatic rings. The predicted molar refractivity (Wildman–Crippen MR) is 116 cm³/mol. The molecule has 0 bridgehead atoms. The summed E-state index contributed by atoms with van der Waals surface area (Å²) in [7, 11) is 0. The summed E-state index contributed by atoms with van der Waals surface area (Å²) < 4.78 is 5.93. The van der Waals surface area contributed by atoms with E-state index in [2.05, 4.69) is 26.3 Å². The maximum atomic E-state index is 12.7. The molecule has 8 heteroatoms. The van der Waals surface area contributed by atoms with Gasteiger partial charge in [-0.25, -0.2) is 9.48 Å². The number of carbonyl (C=O) groups is 1. The molecular weight excluding hydrogens is 434 g/mol. The number of nitrogens with zero attached hydrogens (tertiary/aromatic N) is 4. The quantitative estimate of drug-likeness (QED) is 0.482. The third-order valence-electron chi connectivity index (χ3n) is 4.78. The molecule has 0 spiro atoms. The van der Waals surface area contributed by atoms with Crippen LogP contribution in [-0.4, -0.2) is 24.8 Å². The Hall–Kier alpha value is -3.13. The van der Waals surface area contributed by atoms with Crippen LogP contribution in [0.25, 0.3) is 16.7 Å². The Morgan fingerprint density at radius 3 is 2.45 bits per heavy atom. The lowest BCUT2D eigenvalue weighted by atomic mass is 10.2. The van der Waals surface area contributed by atoms with Crippen LogP contribution >= 0.6 is 15.9 Å². The summed E-state index contributed by atoms with van der Waals surface area (Å²) in [6.45, 7) is 2.84. The fourth-order valence-corrected chi connectivity index (χ4v) is 3.72. The van der Waals surface area contributed by atoms with Crippen LogP contribution in [0.3, 0.4) is 0 Å². The first-order chi connectivity index (χ1) is 14.1. The fourth-order valence-electron chi connectivity index (χ4n) is 3.43. The first kappa shape index (κ1) is 19.2. The van der Waals surface area contributed by atoms with Crippen LogP contribution in [0.5, 0.6) is 0 Å². The van der Waals surface area contributed by atoms with Crippen molar-refractivity contribution < 1.29 is 4.79 Å². The Morgan fingerprint density at radius 2 is 1.76 bits per heavy atom. The highest BCUT2D eigenvalue weighted by atomic mass is 79.9. The van der Waals surface area contributed by atoms with Crippen molar-refractivity contribution in [3.63, 3.8) is 0 Å². The van der Waals surface area contributed by atoms with Gasteiger partial charge in [-0.15, -0.1) is 0 Å². The summed E-state index contributed by atoms with van der Waals surface area (Å²) in [6.07, 6.45) is 3.70. The van der Waals surface area contributed by atoms with Gasteiger partial charge in [0.2, 0.25) is 5.91 Å². The number of nitrogens with one attached hydrogen (secondary N) is 1. The number of aryl methyl sites for hydroxylation is 2. The Bertz CT molecular complexity index is 1240. The summed E-state index contributed by atoms with van der Waals surface area (Å²) in [6, 6.07) is 15.1. The van der Waals surface area contributed by atoms with Gasteiger partial charge in [0.05, 0.1) is 33.1 Å². The molecule has 2 heterocycles. The number of para-hydroxylation sites is 4. The Labute approximate surface area is 175 Å². The van der Waals surface area contributed by atoms with E-state index in [1.54, 1.807) is 20.0 Å². The lowest BCUT2D eigenvalue weighted by molar-refractivity contribution is -0.116. The molecule has 1 N–H and O–H groups in total. The van der Waals surface area contributed by atoms with Crippen molar-refractivity contribution in [2.24, 2.45) is 0 Å². The molecule has 2 aromatic carbocycles. The highest BCUT2D eigenvalue weighted by molar-refractivity contribution is 9.10. The van der Waals surface area contributed by atoms with Crippen LogP contribution in [0.2, 0.25) is 0 Å². The lowest BCUT2D eigenvalue weighted by Crippen LogP contribution is -2.25. The molecule has 0 aliphatic rings. The molecule has 4 rings (SSSR count). The molecule has 0 radical (unpaired) electrons. The molecule has 0 saturated carbocycles. The van der Waals surface area contributed by atoms with Gasteiger partial charge < -0.3 is 5.32 Å². The van der Waals surface area contributed by atoms with Crippen LogP contribution in [0, 0.1) is 0 Å². The number of anilines is 1. The standard InChI is InChI=1S/C21H20BrN5O2/c1-2-25-18-9-5-6-10-19(18)26(21(25)29)12-11-20(28)24-16-7-3-4-8-17(16)27-14-15(22)13-23-27/h3-10,13-14H,2,11-12H2,1H3,(H,24,28). The third-order valence-corrected chi connectivity index (χ3v) is 5.19. The molecule has 2 aromatic heterocycles. The number of halogens is 1. The SMILES string of the molecule is CCn1c(=O)n(CCC(=O)Nc2ccccc2-n2cc(Br)cn2)c2ccccc21. The Balaban J connectivity index is 1.54. The molecule has 0 saturated heterocycles. The van der Waals surface area contributed by atoms with Gasteiger partial charge in [-0.05, 0) is 47.1 Å². The first-order valence-electron chi connectivity index (χ1n) is 9.36. The van der Waals surface area contributed by atoms with Gasteiger partial charge in [-0.3, -0.25) is 13.9 Å². The van der Waals surface area contributed by atoms with E-state index in [0.29, 0.717) is 18.8 Å². The number of imidazole rings is 1. The highest BCUT2D eigenvalue weighted by Crippen LogP contribution is 2.21. The molecule has 0 aliphatic carbocycles. The van der Waals surface area contributed by atoms with Gasteiger partial charge in [-0.1, -0.05) is 24.3 Å². The second kappa shape index (κ2) is 8.08. The van der Waals surface area contributed by atoms with Crippen molar-refractivity contribution in [2.75, 3.05) is 5.32 Å². The van der Waals surface area contributed by atoms with Gasteiger partial charge in [0, 0.05) is 25.7 Å². The third kappa shape index (κ3) is 3.75. The zero-order chi connectivity index (χ0) is 20.4. The summed E-state index contributed by atoms with van der Waals surface area (Å²) in [5, 5.41) is 7.22. The summed E-state index contributed by atoms with van der Waals surface area (Å²) in [5.74, 6) is -0.163. The van der Waals surface area contributed by atoms with Crippen molar-refractivity contribution in [3.05, 3.63) is 75.9 Å². The lowest BCUT2D eigenvalue weighted by Gasteiger charge is -2.11. The van der Waals surface area contributed by atoms with E-state index in [4.69, 9.17) is 0 Å². The monoisotopic (exact) mass is 453 g/mol. The molecule has 0 aliphatic heterocycles. The predicted octanol–water partition coefficient (Wildman–Crippen LogP) is 3.80. The molecule has 7 nitrogen and oxygen atoms in total. The van der Waals surface area contributed by atoms with Crippen molar-refractivity contribution >= 4 is 38.6 Å². The summed E-state index contributed by atoms with van der Waals surface area (Å²) in [4.78, 5) is 25.3. The number of rotatable bonds is 6. The van der Waals surface area contributed by atoms with E-state index < -0.39 is 0 Å². The number of fused-ring (bicyclic) bond motifs is 1. The zero-order valence-electron chi connectivity index (χ0n) is 15.9. The van der Waals surface area contributed by atoms with Crippen molar-refractivity contribution in [1.29, 1.82) is 0 Å². The normalized spacial score (nSPS) is 11.1. The topological polar surface area (TPSA) is 73.8 Å². The minimum absolute atomic E-state index is 0.0942. The minimum Gasteiger partial charge on any atom is -0.324 e. The first-order valence-corrected chi connectivity index (χ1v) is 10.1.